The Hall–Kier alpha value is -1.75. The molecule has 1 aliphatic carbocycles. The molecule has 0 saturated heterocycles. The number of carbonyl (C=O) groups is 1. The first-order valence-electron chi connectivity index (χ1n) is 7.22. The molecule has 0 unspecified atom stereocenters. The van der Waals surface area contributed by atoms with Crippen molar-refractivity contribution in [2.24, 2.45) is 0 Å². The standard InChI is InChI=1S/C16H19NO3S/c18-13-8-12(15(19)20)9-17(10-13)11-16(5-1-2-6-16)14-4-3-7-21-14/h3-4,7,9-10,18H,1-2,5-6,8,11H2,(H,19,20). The van der Waals surface area contributed by atoms with E-state index in [9.17, 15) is 9.90 Å². The van der Waals surface area contributed by atoms with Crippen LogP contribution in [0.2, 0.25) is 0 Å². The van der Waals surface area contributed by atoms with Crippen LogP contribution in [-0.2, 0) is 10.2 Å². The summed E-state index contributed by atoms with van der Waals surface area (Å²) < 4.78 is 0. The second-order valence-electron chi connectivity index (χ2n) is 5.89. The maximum Gasteiger partial charge on any atom is 0.333 e. The van der Waals surface area contributed by atoms with Crippen molar-refractivity contribution in [3.05, 3.63) is 46.1 Å². The molecular formula is C16H19NO3S. The van der Waals surface area contributed by atoms with E-state index >= 15 is 0 Å². The van der Waals surface area contributed by atoms with Crippen LogP contribution in [0.25, 0.3) is 0 Å². The zero-order valence-corrected chi connectivity index (χ0v) is 12.6. The minimum Gasteiger partial charge on any atom is -0.510 e. The van der Waals surface area contributed by atoms with Gasteiger partial charge in [0.25, 0.3) is 0 Å². The molecule has 2 aliphatic rings. The highest BCUT2D eigenvalue weighted by atomic mass is 32.1. The van der Waals surface area contributed by atoms with Gasteiger partial charge in [-0.1, -0.05) is 18.9 Å². The first-order valence-corrected chi connectivity index (χ1v) is 8.10. The number of carboxylic acid groups (broad SMARTS) is 1. The molecular weight excluding hydrogens is 286 g/mol. The highest BCUT2D eigenvalue weighted by Gasteiger charge is 2.38. The van der Waals surface area contributed by atoms with E-state index in [0.717, 1.165) is 19.4 Å². The molecule has 0 radical (unpaired) electrons. The predicted molar refractivity (Wildman–Crippen MR) is 82.2 cm³/mol. The molecule has 0 aromatic carbocycles. The first-order chi connectivity index (χ1) is 10.1. The van der Waals surface area contributed by atoms with Crippen molar-refractivity contribution in [1.82, 2.24) is 4.90 Å². The van der Waals surface area contributed by atoms with Crippen LogP contribution in [0.5, 0.6) is 0 Å². The predicted octanol–water partition coefficient (Wildman–Crippen LogP) is 3.63. The number of hydrogen-bond acceptors (Lipinski definition) is 4. The maximum atomic E-state index is 11.2. The topological polar surface area (TPSA) is 60.8 Å². The second-order valence-corrected chi connectivity index (χ2v) is 6.84. The number of hydrogen-bond donors (Lipinski definition) is 2. The van der Waals surface area contributed by atoms with Gasteiger partial charge in [0.2, 0.25) is 0 Å². The third-order valence-corrected chi connectivity index (χ3v) is 5.49. The third kappa shape index (κ3) is 2.83. The smallest absolute Gasteiger partial charge is 0.333 e. The molecule has 112 valence electrons. The summed E-state index contributed by atoms with van der Waals surface area (Å²) in [5.41, 5.74) is 0.330. The van der Waals surface area contributed by atoms with E-state index in [4.69, 9.17) is 5.11 Å². The van der Waals surface area contributed by atoms with Crippen LogP contribution in [0.1, 0.15) is 37.0 Å². The lowest BCUT2D eigenvalue weighted by Crippen LogP contribution is -2.35. The number of aliphatic hydroxyl groups excluding tert-OH is 1. The van der Waals surface area contributed by atoms with E-state index in [1.807, 2.05) is 4.90 Å². The van der Waals surface area contributed by atoms with E-state index in [-0.39, 0.29) is 23.2 Å². The Morgan fingerprint density at radius 2 is 2.10 bits per heavy atom. The number of thiophene rings is 1. The Bertz CT molecular complexity index is 583. The summed E-state index contributed by atoms with van der Waals surface area (Å²) >= 11 is 1.77. The Morgan fingerprint density at radius 1 is 1.33 bits per heavy atom. The van der Waals surface area contributed by atoms with Crippen molar-refractivity contribution in [1.29, 1.82) is 0 Å². The molecule has 0 bridgehead atoms. The molecule has 3 rings (SSSR count). The minimum atomic E-state index is -0.962. The van der Waals surface area contributed by atoms with Gasteiger partial charge in [0.15, 0.2) is 0 Å². The van der Waals surface area contributed by atoms with E-state index in [1.54, 1.807) is 23.7 Å². The summed E-state index contributed by atoms with van der Waals surface area (Å²) in [6.45, 7) is 0.731. The quantitative estimate of drug-likeness (QED) is 0.891. The summed E-state index contributed by atoms with van der Waals surface area (Å²) in [6, 6.07) is 4.24. The number of nitrogens with zero attached hydrogens (tertiary/aromatic N) is 1. The van der Waals surface area contributed by atoms with Gasteiger partial charge in [-0.2, -0.15) is 0 Å². The molecule has 1 aromatic rings. The highest BCUT2D eigenvalue weighted by Crippen LogP contribution is 2.44. The average Bonchev–Trinajstić information content (AvgIpc) is 3.08. The zero-order valence-electron chi connectivity index (χ0n) is 11.8. The maximum absolute atomic E-state index is 11.2. The average molecular weight is 305 g/mol. The monoisotopic (exact) mass is 305 g/mol. The van der Waals surface area contributed by atoms with Crippen molar-refractivity contribution in [2.45, 2.75) is 37.5 Å². The summed E-state index contributed by atoms with van der Waals surface area (Å²) in [7, 11) is 0. The van der Waals surface area contributed by atoms with Crippen LogP contribution >= 0.6 is 11.3 Å². The van der Waals surface area contributed by atoms with Gasteiger partial charge in [-0.3, -0.25) is 0 Å². The Balaban J connectivity index is 1.86. The van der Waals surface area contributed by atoms with Crippen molar-refractivity contribution in [2.75, 3.05) is 6.54 Å². The van der Waals surface area contributed by atoms with Gasteiger partial charge in [-0.15, -0.1) is 11.3 Å². The van der Waals surface area contributed by atoms with E-state index in [2.05, 4.69) is 17.5 Å². The minimum absolute atomic E-state index is 0.0857. The van der Waals surface area contributed by atoms with E-state index < -0.39 is 5.97 Å². The normalized spacial score (nSPS) is 21.0. The van der Waals surface area contributed by atoms with Gasteiger partial charge < -0.3 is 15.1 Å². The molecule has 0 spiro atoms. The van der Waals surface area contributed by atoms with Crippen molar-refractivity contribution in [3.8, 4) is 0 Å². The van der Waals surface area contributed by atoms with Gasteiger partial charge in [0, 0.05) is 35.7 Å². The summed E-state index contributed by atoms with van der Waals surface area (Å²) in [5.74, 6) is -0.842. The Morgan fingerprint density at radius 3 is 2.71 bits per heavy atom. The van der Waals surface area contributed by atoms with E-state index in [1.165, 1.54) is 17.7 Å². The summed E-state index contributed by atoms with van der Waals surface area (Å²) in [4.78, 5) is 14.4. The third-order valence-electron chi connectivity index (χ3n) is 4.37. The van der Waals surface area contributed by atoms with Crippen molar-refractivity contribution < 1.29 is 15.0 Å². The number of aliphatic carboxylic acids is 1. The Labute approximate surface area is 128 Å². The fraction of sp³-hybridized carbons (Fsp3) is 0.438. The summed E-state index contributed by atoms with van der Waals surface area (Å²) in [5, 5.41) is 21.1. The molecule has 21 heavy (non-hydrogen) atoms. The molecule has 0 atom stereocenters. The second kappa shape index (κ2) is 5.56. The highest BCUT2D eigenvalue weighted by molar-refractivity contribution is 7.10. The number of rotatable bonds is 4. The fourth-order valence-electron chi connectivity index (χ4n) is 3.40. The van der Waals surface area contributed by atoms with Crippen LogP contribution in [0.15, 0.2) is 41.2 Å². The molecule has 1 aliphatic heterocycles. The van der Waals surface area contributed by atoms with Crippen LogP contribution in [0.4, 0.5) is 0 Å². The molecule has 0 amide bonds. The van der Waals surface area contributed by atoms with Gasteiger partial charge >= 0.3 is 5.97 Å². The van der Waals surface area contributed by atoms with Crippen molar-refractivity contribution in [3.63, 3.8) is 0 Å². The Kier molecular flexibility index (Phi) is 3.76. The van der Waals surface area contributed by atoms with Gasteiger partial charge in [0.1, 0.15) is 5.76 Å². The molecule has 5 heteroatoms. The van der Waals surface area contributed by atoms with Crippen LogP contribution in [0, 0.1) is 0 Å². The van der Waals surface area contributed by atoms with Crippen LogP contribution in [0.3, 0.4) is 0 Å². The van der Waals surface area contributed by atoms with E-state index in [0.29, 0.717) is 0 Å². The molecule has 1 fully saturated rings. The zero-order chi connectivity index (χ0) is 14.9. The SMILES string of the molecule is O=C(O)C1=CN(CC2(c3cccs3)CCCC2)C=C(O)C1. The van der Waals surface area contributed by atoms with Crippen LogP contribution in [-0.4, -0.2) is 27.6 Å². The molecule has 1 aromatic heterocycles. The van der Waals surface area contributed by atoms with Crippen molar-refractivity contribution >= 4 is 17.3 Å². The lowest BCUT2D eigenvalue weighted by atomic mass is 9.83. The largest absolute Gasteiger partial charge is 0.510 e. The summed E-state index contributed by atoms with van der Waals surface area (Å²) in [6.07, 6.45) is 8.09. The molecule has 2 heterocycles. The lowest BCUT2D eigenvalue weighted by Gasteiger charge is -2.34. The lowest BCUT2D eigenvalue weighted by molar-refractivity contribution is -0.132. The van der Waals surface area contributed by atoms with Crippen LogP contribution < -0.4 is 0 Å². The van der Waals surface area contributed by atoms with Gasteiger partial charge in [-0.25, -0.2) is 4.79 Å². The molecule has 2 N–H and O–H groups in total. The first kappa shape index (κ1) is 14.2. The molecule has 4 nitrogen and oxygen atoms in total. The number of allylic oxidation sites excluding steroid dienone is 1. The number of carboxylic acids is 1. The number of aliphatic hydroxyl groups is 1. The van der Waals surface area contributed by atoms with Gasteiger partial charge in [0.05, 0.1) is 5.57 Å². The molecule has 1 saturated carbocycles. The fourth-order valence-corrected chi connectivity index (χ4v) is 4.38. The van der Waals surface area contributed by atoms with Gasteiger partial charge in [-0.05, 0) is 24.3 Å².